The van der Waals surface area contributed by atoms with Gasteiger partial charge in [0.05, 0.1) is 6.61 Å². The van der Waals surface area contributed by atoms with E-state index < -0.39 is 0 Å². The first-order valence-corrected chi connectivity index (χ1v) is 8.53. The maximum absolute atomic E-state index is 5.83. The molecular formula is C20H25NO2. The van der Waals surface area contributed by atoms with Crippen LogP contribution in [0.2, 0.25) is 0 Å². The van der Waals surface area contributed by atoms with Crippen molar-refractivity contribution < 1.29 is 9.47 Å². The van der Waals surface area contributed by atoms with Crippen LogP contribution in [0.25, 0.3) is 0 Å². The molecule has 1 N–H and O–H groups in total. The molecule has 0 spiro atoms. The van der Waals surface area contributed by atoms with Crippen LogP contribution < -0.4 is 14.8 Å². The summed E-state index contributed by atoms with van der Waals surface area (Å²) < 4.78 is 11.6. The quantitative estimate of drug-likeness (QED) is 0.832. The van der Waals surface area contributed by atoms with Gasteiger partial charge in [-0.15, -0.1) is 0 Å². The number of hydrogen-bond acceptors (Lipinski definition) is 3. The zero-order chi connectivity index (χ0) is 15.7. The zero-order valence-corrected chi connectivity index (χ0v) is 13.5. The van der Waals surface area contributed by atoms with Crippen LogP contribution in [0.15, 0.2) is 54.6 Å². The van der Waals surface area contributed by atoms with Gasteiger partial charge in [0.25, 0.3) is 0 Å². The van der Waals surface area contributed by atoms with E-state index in [0.29, 0.717) is 12.6 Å². The van der Waals surface area contributed by atoms with Gasteiger partial charge in [0.2, 0.25) is 0 Å². The predicted octanol–water partition coefficient (Wildman–Crippen LogP) is 4.18. The molecular weight excluding hydrogens is 286 g/mol. The van der Waals surface area contributed by atoms with Gasteiger partial charge in [0.15, 0.2) is 0 Å². The predicted molar refractivity (Wildman–Crippen MR) is 93.0 cm³/mol. The lowest BCUT2D eigenvalue weighted by atomic mass is 10.0. The van der Waals surface area contributed by atoms with E-state index in [1.165, 1.54) is 24.8 Å². The fourth-order valence-corrected chi connectivity index (χ4v) is 2.86. The third kappa shape index (κ3) is 5.29. The Hall–Kier alpha value is -2.00. The molecule has 1 saturated heterocycles. The van der Waals surface area contributed by atoms with Crippen LogP contribution in [0, 0.1) is 0 Å². The van der Waals surface area contributed by atoms with Gasteiger partial charge >= 0.3 is 0 Å². The van der Waals surface area contributed by atoms with E-state index in [2.05, 4.69) is 17.4 Å². The summed E-state index contributed by atoms with van der Waals surface area (Å²) in [5, 5.41) is 3.55. The zero-order valence-electron chi connectivity index (χ0n) is 13.5. The van der Waals surface area contributed by atoms with Crippen LogP contribution >= 0.6 is 0 Å². The van der Waals surface area contributed by atoms with Gasteiger partial charge in [-0.1, -0.05) is 36.8 Å². The summed E-state index contributed by atoms with van der Waals surface area (Å²) in [6, 6.07) is 18.7. The van der Waals surface area contributed by atoms with Crippen molar-refractivity contribution in [2.45, 2.75) is 38.3 Å². The second-order valence-electron chi connectivity index (χ2n) is 6.03. The maximum Gasteiger partial charge on any atom is 0.120 e. The number of hydrogen-bond donors (Lipinski definition) is 1. The molecule has 0 aromatic heterocycles. The Morgan fingerprint density at radius 2 is 1.61 bits per heavy atom. The van der Waals surface area contributed by atoms with Crippen molar-refractivity contribution in [3.63, 3.8) is 0 Å². The number of nitrogens with one attached hydrogen (secondary N) is 1. The molecule has 0 unspecified atom stereocenters. The molecule has 3 heteroatoms. The van der Waals surface area contributed by atoms with E-state index in [9.17, 15) is 0 Å². The molecule has 1 atom stereocenters. The van der Waals surface area contributed by atoms with Crippen molar-refractivity contribution in [2.75, 3.05) is 13.2 Å². The van der Waals surface area contributed by atoms with Gasteiger partial charge in [-0.05, 0) is 55.6 Å². The van der Waals surface area contributed by atoms with Gasteiger partial charge in [0.1, 0.15) is 18.1 Å². The smallest absolute Gasteiger partial charge is 0.120 e. The lowest BCUT2D eigenvalue weighted by Crippen LogP contribution is -2.35. The van der Waals surface area contributed by atoms with E-state index in [1.54, 1.807) is 0 Å². The normalized spacial score (nSPS) is 17.7. The fraction of sp³-hybridized carbons (Fsp3) is 0.400. The van der Waals surface area contributed by atoms with Crippen molar-refractivity contribution in [1.82, 2.24) is 5.32 Å². The summed E-state index contributed by atoms with van der Waals surface area (Å²) in [6.45, 7) is 2.51. The van der Waals surface area contributed by atoms with Gasteiger partial charge in [0, 0.05) is 6.04 Å². The summed E-state index contributed by atoms with van der Waals surface area (Å²) in [7, 11) is 0. The SMILES string of the molecule is c1ccc(COc2ccc(OCC[C@H]3CCCCN3)cc2)cc1. The van der Waals surface area contributed by atoms with Crippen LogP contribution in [0.4, 0.5) is 0 Å². The topological polar surface area (TPSA) is 30.5 Å². The Morgan fingerprint density at radius 3 is 2.30 bits per heavy atom. The molecule has 0 bridgehead atoms. The first-order chi connectivity index (χ1) is 11.4. The molecule has 1 heterocycles. The number of benzene rings is 2. The Bertz CT molecular complexity index is 562. The lowest BCUT2D eigenvalue weighted by molar-refractivity contribution is 0.267. The molecule has 3 rings (SSSR count). The molecule has 2 aromatic carbocycles. The van der Waals surface area contributed by atoms with Gasteiger partial charge in [-0.3, -0.25) is 0 Å². The van der Waals surface area contributed by atoms with Crippen molar-refractivity contribution in [2.24, 2.45) is 0 Å². The summed E-state index contributed by atoms with van der Waals surface area (Å²) in [4.78, 5) is 0. The average Bonchev–Trinajstić information content (AvgIpc) is 2.63. The molecule has 1 aliphatic heterocycles. The third-order valence-corrected chi connectivity index (χ3v) is 4.22. The highest BCUT2D eigenvalue weighted by atomic mass is 16.5. The first kappa shape index (κ1) is 15.9. The average molecular weight is 311 g/mol. The summed E-state index contributed by atoms with van der Waals surface area (Å²) in [6.07, 6.45) is 4.99. The highest BCUT2D eigenvalue weighted by molar-refractivity contribution is 5.31. The lowest BCUT2D eigenvalue weighted by Gasteiger charge is -2.23. The van der Waals surface area contributed by atoms with E-state index in [0.717, 1.165) is 31.1 Å². The number of ether oxygens (including phenoxy) is 2. The van der Waals surface area contributed by atoms with Crippen molar-refractivity contribution in [3.05, 3.63) is 60.2 Å². The molecule has 0 amide bonds. The van der Waals surface area contributed by atoms with Crippen molar-refractivity contribution in [1.29, 1.82) is 0 Å². The number of piperidine rings is 1. The van der Waals surface area contributed by atoms with Crippen LogP contribution in [-0.2, 0) is 6.61 Å². The van der Waals surface area contributed by atoms with Crippen molar-refractivity contribution >= 4 is 0 Å². The largest absolute Gasteiger partial charge is 0.494 e. The van der Waals surface area contributed by atoms with Crippen LogP contribution in [0.3, 0.4) is 0 Å². The Morgan fingerprint density at radius 1 is 0.870 bits per heavy atom. The minimum Gasteiger partial charge on any atom is -0.494 e. The summed E-state index contributed by atoms with van der Waals surface area (Å²) >= 11 is 0. The molecule has 1 aliphatic rings. The first-order valence-electron chi connectivity index (χ1n) is 8.53. The monoisotopic (exact) mass is 311 g/mol. The minimum absolute atomic E-state index is 0.592. The second kappa shape index (κ2) is 8.59. The van der Waals surface area contributed by atoms with E-state index in [-0.39, 0.29) is 0 Å². The molecule has 0 radical (unpaired) electrons. The van der Waals surface area contributed by atoms with Crippen LogP contribution in [0.1, 0.15) is 31.2 Å². The minimum atomic E-state index is 0.592. The molecule has 2 aromatic rings. The maximum atomic E-state index is 5.83. The third-order valence-electron chi connectivity index (χ3n) is 4.22. The molecule has 0 saturated carbocycles. The highest BCUT2D eigenvalue weighted by Crippen LogP contribution is 2.19. The molecule has 0 aliphatic carbocycles. The molecule has 1 fully saturated rings. The van der Waals surface area contributed by atoms with Gasteiger partial charge in [-0.2, -0.15) is 0 Å². The van der Waals surface area contributed by atoms with Crippen molar-refractivity contribution in [3.8, 4) is 11.5 Å². The Balaban J connectivity index is 1.40. The van der Waals surface area contributed by atoms with E-state index in [4.69, 9.17) is 9.47 Å². The van der Waals surface area contributed by atoms with E-state index >= 15 is 0 Å². The van der Waals surface area contributed by atoms with Gasteiger partial charge < -0.3 is 14.8 Å². The fourth-order valence-electron chi connectivity index (χ4n) is 2.86. The Kier molecular flexibility index (Phi) is 5.93. The summed E-state index contributed by atoms with van der Waals surface area (Å²) in [5.74, 6) is 1.78. The highest BCUT2D eigenvalue weighted by Gasteiger charge is 2.11. The van der Waals surface area contributed by atoms with Crippen LogP contribution in [-0.4, -0.2) is 19.2 Å². The molecule has 122 valence electrons. The Labute approximate surface area is 138 Å². The number of rotatable bonds is 7. The van der Waals surface area contributed by atoms with Crippen LogP contribution in [0.5, 0.6) is 11.5 Å². The second-order valence-corrected chi connectivity index (χ2v) is 6.03. The summed E-state index contributed by atoms with van der Waals surface area (Å²) in [5.41, 5.74) is 1.17. The van der Waals surface area contributed by atoms with E-state index in [1.807, 2.05) is 42.5 Å². The molecule has 3 nitrogen and oxygen atoms in total. The van der Waals surface area contributed by atoms with Gasteiger partial charge in [-0.25, -0.2) is 0 Å². The molecule has 23 heavy (non-hydrogen) atoms. The standard InChI is InChI=1S/C20H25NO2/c1-2-6-17(7-3-1)16-23-20-11-9-19(10-12-20)22-15-13-18-8-4-5-14-21-18/h1-3,6-7,9-12,18,21H,4-5,8,13-16H2/t18-/m1/s1.